The zero-order valence-corrected chi connectivity index (χ0v) is 11.3. The number of carbonyl (C=O) groups excluding carboxylic acids is 1. The summed E-state index contributed by atoms with van der Waals surface area (Å²) < 4.78 is 0. The van der Waals surface area contributed by atoms with Crippen LogP contribution in [0, 0.1) is 0 Å². The van der Waals surface area contributed by atoms with Gasteiger partial charge in [0.25, 0.3) is 0 Å². The van der Waals surface area contributed by atoms with Gasteiger partial charge in [0.1, 0.15) is 0 Å². The first-order chi connectivity index (χ1) is 9.60. The average Bonchev–Trinajstić information content (AvgIpc) is 2.49. The zero-order chi connectivity index (χ0) is 15.2. The Labute approximate surface area is 118 Å². The number of quaternary nitrogens is 2. The number of carboxylic acid groups (broad SMARTS) is 2. The van der Waals surface area contributed by atoms with Crippen molar-refractivity contribution in [2.75, 3.05) is 0 Å². The molecule has 0 atom stereocenters. The summed E-state index contributed by atoms with van der Waals surface area (Å²) >= 11 is 0. The van der Waals surface area contributed by atoms with Gasteiger partial charge in [-0.15, -0.1) is 0 Å². The van der Waals surface area contributed by atoms with Crippen molar-refractivity contribution in [1.82, 2.24) is 0 Å². The van der Waals surface area contributed by atoms with Gasteiger partial charge in [0, 0.05) is 11.1 Å². The van der Waals surface area contributed by atoms with Crippen molar-refractivity contribution in [2.24, 2.45) is 0 Å². The van der Waals surface area contributed by atoms with Crippen molar-refractivity contribution >= 4 is 6.16 Å². The van der Waals surface area contributed by atoms with Crippen LogP contribution in [0.4, 0.5) is 4.79 Å². The molecule has 6 N–H and O–H groups in total. The van der Waals surface area contributed by atoms with E-state index in [1.165, 1.54) is 11.1 Å². The second kappa shape index (κ2) is 11.7. The lowest BCUT2D eigenvalue weighted by molar-refractivity contribution is -0.415. The minimum absolute atomic E-state index is 0.890. The molecule has 0 heterocycles. The van der Waals surface area contributed by atoms with Crippen LogP contribution in [0.15, 0.2) is 60.7 Å². The molecule has 0 amide bonds. The van der Waals surface area contributed by atoms with E-state index in [0.717, 1.165) is 13.1 Å². The van der Waals surface area contributed by atoms with E-state index in [0.29, 0.717) is 0 Å². The third-order valence-corrected chi connectivity index (χ3v) is 2.26. The molecule has 2 aromatic rings. The molecule has 20 heavy (non-hydrogen) atoms. The van der Waals surface area contributed by atoms with Crippen molar-refractivity contribution in [3.63, 3.8) is 0 Å². The number of hydrogen-bond donors (Lipinski definition) is 2. The van der Waals surface area contributed by atoms with Gasteiger partial charge in [0.05, 0.1) is 13.1 Å². The lowest BCUT2D eigenvalue weighted by Crippen LogP contribution is -2.47. The molecule has 0 saturated heterocycles. The van der Waals surface area contributed by atoms with Crippen LogP contribution >= 0.6 is 0 Å². The second-order valence-electron chi connectivity index (χ2n) is 3.72. The maximum Gasteiger partial charge on any atom is 0.0997 e. The van der Waals surface area contributed by atoms with Crippen LogP contribution in [0.2, 0.25) is 0 Å². The molecule has 0 unspecified atom stereocenters. The van der Waals surface area contributed by atoms with Crippen molar-refractivity contribution in [1.29, 1.82) is 0 Å². The SMILES string of the molecule is O=C([O-])[O-].[NH3+]Cc1ccccc1.[NH3+]Cc1ccccc1. The molecule has 0 aromatic heterocycles. The number of benzene rings is 2. The molecule has 5 heteroatoms. The van der Waals surface area contributed by atoms with E-state index in [1.54, 1.807) is 0 Å². The van der Waals surface area contributed by atoms with E-state index in [9.17, 15) is 0 Å². The summed E-state index contributed by atoms with van der Waals surface area (Å²) in [5, 5.41) is 16.7. The summed E-state index contributed by atoms with van der Waals surface area (Å²) in [5.74, 6) is 0. The summed E-state index contributed by atoms with van der Waals surface area (Å²) in [6, 6.07) is 20.4. The lowest BCUT2D eigenvalue weighted by Gasteiger charge is -1.96. The maximum atomic E-state index is 8.33. The van der Waals surface area contributed by atoms with Crippen LogP contribution in [-0.2, 0) is 13.1 Å². The van der Waals surface area contributed by atoms with Gasteiger partial charge < -0.3 is 26.5 Å². The van der Waals surface area contributed by atoms with Crippen LogP contribution in [-0.4, -0.2) is 6.16 Å². The largest absolute Gasteiger partial charge is 0.652 e. The van der Waals surface area contributed by atoms with E-state index < -0.39 is 6.16 Å². The molecule has 0 saturated carbocycles. The average molecular weight is 276 g/mol. The monoisotopic (exact) mass is 276 g/mol. The zero-order valence-electron chi connectivity index (χ0n) is 11.3. The fraction of sp³-hybridized carbons (Fsp3) is 0.133. The fourth-order valence-electron chi connectivity index (χ4n) is 1.29. The topological polar surface area (TPSA) is 118 Å². The van der Waals surface area contributed by atoms with Gasteiger partial charge in [0.15, 0.2) is 0 Å². The molecule has 2 aromatic carbocycles. The van der Waals surface area contributed by atoms with Crippen LogP contribution in [0.5, 0.6) is 0 Å². The highest BCUT2D eigenvalue weighted by Crippen LogP contribution is 1.93. The first kappa shape index (κ1) is 17.6. The molecule has 0 radical (unpaired) electrons. The second-order valence-corrected chi connectivity index (χ2v) is 3.72. The third kappa shape index (κ3) is 10.8. The standard InChI is InChI=1S/2C7H9N.CH2O3/c2*8-6-7-4-2-1-3-5-7;2-1(3)4/h2*1-5H,6,8H2;(H2,2,3,4). The summed E-state index contributed by atoms with van der Waals surface area (Å²) in [5.41, 5.74) is 10.1. The molecule has 5 nitrogen and oxygen atoms in total. The van der Waals surface area contributed by atoms with Crippen molar-refractivity contribution in [3.05, 3.63) is 71.8 Å². The van der Waals surface area contributed by atoms with E-state index >= 15 is 0 Å². The molecular weight excluding hydrogens is 256 g/mol. The Kier molecular flexibility index (Phi) is 10.3. The smallest absolute Gasteiger partial charge is 0.0997 e. The molecule has 0 aliphatic heterocycles. The molecular formula is C15H20N2O3. The van der Waals surface area contributed by atoms with Gasteiger partial charge in [-0.2, -0.15) is 0 Å². The van der Waals surface area contributed by atoms with E-state index in [-0.39, 0.29) is 0 Å². The van der Waals surface area contributed by atoms with Crippen LogP contribution in [0.1, 0.15) is 11.1 Å². The summed E-state index contributed by atoms with van der Waals surface area (Å²) in [6.07, 6.45) is -2.33. The first-order valence-electron chi connectivity index (χ1n) is 6.14. The molecule has 0 bridgehead atoms. The number of hydrogen-bond acceptors (Lipinski definition) is 3. The normalized spacial score (nSPS) is 8.50. The number of rotatable bonds is 2. The van der Waals surface area contributed by atoms with Crippen LogP contribution in [0.3, 0.4) is 0 Å². The molecule has 0 aliphatic rings. The Bertz CT molecular complexity index is 418. The summed E-state index contributed by atoms with van der Waals surface area (Å²) in [4.78, 5) is 8.33. The van der Waals surface area contributed by atoms with Crippen molar-refractivity contribution in [3.8, 4) is 0 Å². The molecule has 108 valence electrons. The fourth-order valence-corrected chi connectivity index (χ4v) is 1.29. The molecule has 0 fully saturated rings. The Morgan fingerprint density at radius 3 is 1.15 bits per heavy atom. The Balaban J connectivity index is 0.000000289. The highest BCUT2D eigenvalue weighted by Gasteiger charge is 1.83. The van der Waals surface area contributed by atoms with Gasteiger partial charge in [-0.3, -0.25) is 0 Å². The Morgan fingerprint density at radius 1 is 0.750 bits per heavy atom. The van der Waals surface area contributed by atoms with E-state index in [1.807, 2.05) is 36.4 Å². The summed E-state index contributed by atoms with van der Waals surface area (Å²) in [7, 11) is 0. The predicted octanol–water partition coefficient (Wildman–Crippen LogP) is -1.59. The van der Waals surface area contributed by atoms with E-state index in [4.69, 9.17) is 15.0 Å². The first-order valence-corrected chi connectivity index (χ1v) is 6.14. The summed E-state index contributed by atoms with van der Waals surface area (Å²) in [6.45, 7) is 1.78. The minimum atomic E-state index is -2.33. The predicted molar refractivity (Wildman–Crippen MR) is 71.5 cm³/mol. The van der Waals surface area contributed by atoms with Crippen LogP contribution in [0.25, 0.3) is 0 Å². The molecule has 2 rings (SSSR count). The maximum absolute atomic E-state index is 8.33. The highest BCUT2D eigenvalue weighted by molar-refractivity contribution is 5.47. The lowest BCUT2D eigenvalue weighted by atomic mass is 10.2. The minimum Gasteiger partial charge on any atom is -0.652 e. The quantitative estimate of drug-likeness (QED) is 0.688. The van der Waals surface area contributed by atoms with Gasteiger partial charge in [-0.25, -0.2) is 0 Å². The third-order valence-electron chi connectivity index (χ3n) is 2.26. The van der Waals surface area contributed by atoms with Gasteiger partial charge in [0.2, 0.25) is 0 Å². The molecule has 0 spiro atoms. The Hall–Kier alpha value is -2.37. The Morgan fingerprint density at radius 2 is 1.00 bits per heavy atom. The highest BCUT2D eigenvalue weighted by atomic mass is 16.6. The van der Waals surface area contributed by atoms with Crippen molar-refractivity contribution in [2.45, 2.75) is 13.1 Å². The number of carbonyl (C=O) groups is 1. The van der Waals surface area contributed by atoms with Gasteiger partial charge in [-0.05, 0) is 6.16 Å². The van der Waals surface area contributed by atoms with Gasteiger partial charge in [-0.1, -0.05) is 60.7 Å². The molecule has 0 aliphatic carbocycles. The van der Waals surface area contributed by atoms with Gasteiger partial charge >= 0.3 is 0 Å². The van der Waals surface area contributed by atoms with E-state index in [2.05, 4.69) is 35.7 Å². The van der Waals surface area contributed by atoms with Crippen LogP contribution < -0.4 is 21.7 Å². The van der Waals surface area contributed by atoms with Crippen molar-refractivity contribution < 1.29 is 26.5 Å².